The minimum atomic E-state index is -0.332. The summed E-state index contributed by atoms with van der Waals surface area (Å²) in [5, 5.41) is 7.81. The van der Waals surface area contributed by atoms with Crippen molar-refractivity contribution in [3.63, 3.8) is 0 Å². The maximum Gasteiger partial charge on any atom is 0.261 e. The smallest absolute Gasteiger partial charge is 0.261 e. The molecule has 0 saturated heterocycles. The fraction of sp³-hybridized carbons (Fsp3) is 0.414. The van der Waals surface area contributed by atoms with Crippen molar-refractivity contribution in [1.29, 1.82) is 0 Å². The van der Waals surface area contributed by atoms with Gasteiger partial charge in [0.05, 0.1) is 25.6 Å². The maximum atomic E-state index is 13.7. The Hall–Kier alpha value is -3.81. The molecule has 198 valence electrons. The van der Waals surface area contributed by atoms with Gasteiger partial charge in [-0.3, -0.25) is 9.59 Å². The van der Waals surface area contributed by atoms with Crippen LogP contribution in [0.25, 0.3) is 5.69 Å². The summed E-state index contributed by atoms with van der Waals surface area (Å²) in [6.07, 6.45) is 0. The quantitative estimate of drug-likeness (QED) is 0.429. The van der Waals surface area contributed by atoms with Gasteiger partial charge < -0.3 is 19.7 Å². The number of methoxy groups -OCH3 is 2. The highest BCUT2D eigenvalue weighted by Crippen LogP contribution is 2.30. The maximum absolute atomic E-state index is 13.7. The molecule has 1 N–H and O–H groups in total. The van der Waals surface area contributed by atoms with Crippen LogP contribution in [-0.4, -0.2) is 53.8 Å². The van der Waals surface area contributed by atoms with Gasteiger partial charge in [-0.1, -0.05) is 58.9 Å². The third-order valence-corrected chi connectivity index (χ3v) is 5.94. The van der Waals surface area contributed by atoms with Crippen molar-refractivity contribution in [3.05, 3.63) is 65.4 Å². The average molecular weight is 507 g/mol. The zero-order chi connectivity index (χ0) is 27.3. The monoisotopic (exact) mass is 506 g/mol. The fourth-order valence-corrected chi connectivity index (χ4v) is 4.06. The van der Waals surface area contributed by atoms with Gasteiger partial charge >= 0.3 is 0 Å². The number of amides is 2. The number of aromatic nitrogens is 2. The van der Waals surface area contributed by atoms with Crippen molar-refractivity contribution in [3.8, 4) is 17.2 Å². The highest BCUT2D eigenvalue weighted by Gasteiger charge is 2.27. The number of carbonyl (C=O) groups is 2. The van der Waals surface area contributed by atoms with Crippen LogP contribution in [0, 0.1) is 12.8 Å². The van der Waals surface area contributed by atoms with Crippen LogP contribution in [0.3, 0.4) is 0 Å². The zero-order valence-electron chi connectivity index (χ0n) is 23.1. The molecule has 2 aromatic carbocycles. The molecule has 0 aliphatic carbocycles. The number of nitrogens with one attached hydrogen (secondary N) is 1. The summed E-state index contributed by atoms with van der Waals surface area (Å²) in [5.41, 5.74) is 2.83. The largest absolute Gasteiger partial charge is 0.496 e. The third kappa shape index (κ3) is 6.50. The molecule has 3 rings (SSSR count). The zero-order valence-corrected chi connectivity index (χ0v) is 23.1. The van der Waals surface area contributed by atoms with E-state index in [1.807, 2.05) is 51.1 Å². The van der Waals surface area contributed by atoms with Gasteiger partial charge in [0.15, 0.2) is 0 Å². The van der Waals surface area contributed by atoms with Crippen LogP contribution >= 0.6 is 0 Å². The van der Waals surface area contributed by atoms with Gasteiger partial charge in [0.25, 0.3) is 5.91 Å². The number of hydrogen-bond acceptors (Lipinski definition) is 5. The fourth-order valence-electron chi connectivity index (χ4n) is 4.06. The minimum absolute atomic E-state index is 0.137. The van der Waals surface area contributed by atoms with Crippen molar-refractivity contribution < 1.29 is 19.1 Å². The van der Waals surface area contributed by atoms with Crippen molar-refractivity contribution in [1.82, 2.24) is 14.7 Å². The molecule has 0 spiro atoms. The van der Waals surface area contributed by atoms with E-state index in [0.29, 0.717) is 29.4 Å². The Morgan fingerprint density at radius 3 is 2.19 bits per heavy atom. The lowest BCUT2D eigenvalue weighted by Gasteiger charge is -2.25. The lowest BCUT2D eigenvalue weighted by Crippen LogP contribution is -2.40. The molecule has 8 heteroatoms. The van der Waals surface area contributed by atoms with E-state index in [-0.39, 0.29) is 29.7 Å². The molecule has 1 heterocycles. The van der Waals surface area contributed by atoms with Gasteiger partial charge in [-0.05, 0) is 36.6 Å². The molecule has 0 aliphatic heterocycles. The second-order valence-corrected chi connectivity index (χ2v) is 10.5. The van der Waals surface area contributed by atoms with Crippen LogP contribution in [-0.2, 0) is 10.2 Å². The first-order valence-electron chi connectivity index (χ1n) is 12.4. The number of hydrogen-bond donors (Lipinski definition) is 1. The summed E-state index contributed by atoms with van der Waals surface area (Å²) < 4.78 is 12.6. The number of ether oxygens (including phenoxy) is 2. The van der Waals surface area contributed by atoms with Crippen LogP contribution in [0.5, 0.6) is 11.5 Å². The topological polar surface area (TPSA) is 85.7 Å². The molecule has 0 unspecified atom stereocenters. The first kappa shape index (κ1) is 27.8. The Labute approximate surface area is 219 Å². The van der Waals surface area contributed by atoms with Crippen LogP contribution in [0.4, 0.5) is 5.82 Å². The first-order valence-corrected chi connectivity index (χ1v) is 12.4. The van der Waals surface area contributed by atoms with E-state index < -0.39 is 0 Å². The predicted molar refractivity (Wildman–Crippen MR) is 146 cm³/mol. The Morgan fingerprint density at radius 1 is 1.03 bits per heavy atom. The molecular formula is C29H38N4O4. The molecular weight excluding hydrogens is 468 g/mol. The Morgan fingerprint density at radius 2 is 1.65 bits per heavy atom. The van der Waals surface area contributed by atoms with Gasteiger partial charge in [0, 0.05) is 18.0 Å². The standard InChI is InChI=1S/C29H38N4O4/c1-19(2)17-32(28(35)27-22(36-7)14-11-15-23(27)37-8)18-26(34)30-25-16-24(29(4,5)6)31-33(25)21-13-10-9-12-20(21)3/h9-16,19H,17-18H2,1-8H3,(H,30,34). The highest BCUT2D eigenvalue weighted by molar-refractivity contribution is 6.02. The highest BCUT2D eigenvalue weighted by atomic mass is 16.5. The van der Waals surface area contributed by atoms with Crippen LogP contribution in [0.2, 0.25) is 0 Å². The molecule has 3 aromatic rings. The molecule has 0 fully saturated rings. The second kappa shape index (κ2) is 11.5. The first-order chi connectivity index (χ1) is 17.5. The van der Waals surface area contributed by atoms with Gasteiger partial charge in [-0.2, -0.15) is 5.10 Å². The predicted octanol–water partition coefficient (Wildman–Crippen LogP) is 5.23. The van der Waals surface area contributed by atoms with Gasteiger partial charge in [0.2, 0.25) is 5.91 Å². The number of anilines is 1. The van der Waals surface area contributed by atoms with Crippen molar-refractivity contribution in [2.45, 2.75) is 47.0 Å². The Kier molecular flexibility index (Phi) is 8.63. The normalized spacial score (nSPS) is 11.4. The van der Waals surface area contributed by atoms with Crippen molar-refractivity contribution in [2.24, 2.45) is 5.92 Å². The van der Waals surface area contributed by atoms with Crippen LogP contribution < -0.4 is 14.8 Å². The summed E-state index contributed by atoms with van der Waals surface area (Å²) in [5.74, 6) is 0.828. The summed E-state index contributed by atoms with van der Waals surface area (Å²) in [6, 6.07) is 14.9. The summed E-state index contributed by atoms with van der Waals surface area (Å²) in [7, 11) is 3.01. The van der Waals surface area contributed by atoms with E-state index in [0.717, 1.165) is 16.9 Å². The minimum Gasteiger partial charge on any atom is -0.496 e. The van der Waals surface area contributed by atoms with Gasteiger partial charge in [-0.25, -0.2) is 4.68 Å². The average Bonchev–Trinajstić information content (AvgIpc) is 3.26. The van der Waals surface area contributed by atoms with E-state index in [9.17, 15) is 9.59 Å². The lowest BCUT2D eigenvalue weighted by molar-refractivity contribution is -0.117. The SMILES string of the molecule is COc1cccc(OC)c1C(=O)N(CC(=O)Nc1cc(C(C)(C)C)nn1-c1ccccc1C)CC(C)C. The van der Waals surface area contributed by atoms with E-state index in [2.05, 4.69) is 26.1 Å². The van der Waals surface area contributed by atoms with E-state index >= 15 is 0 Å². The second-order valence-electron chi connectivity index (χ2n) is 10.5. The molecule has 0 aliphatic rings. The van der Waals surface area contributed by atoms with E-state index in [1.54, 1.807) is 22.9 Å². The molecule has 0 radical (unpaired) electrons. The molecule has 0 saturated carbocycles. The van der Waals surface area contributed by atoms with Crippen molar-refractivity contribution in [2.75, 3.05) is 32.6 Å². The molecule has 0 bridgehead atoms. The molecule has 2 amide bonds. The molecule has 0 atom stereocenters. The third-order valence-electron chi connectivity index (χ3n) is 5.94. The number of para-hydroxylation sites is 1. The lowest BCUT2D eigenvalue weighted by atomic mass is 9.92. The van der Waals surface area contributed by atoms with Crippen molar-refractivity contribution >= 4 is 17.6 Å². The summed E-state index contributed by atoms with van der Waals surface area (Å²) >= 11 is 0. The number of aryl methyl sites for hydroxylation is 1. The van der Waals surface area contributed by atoms with E-state index in [1.165, 1.54) is 19.1 Å². The number of benzene rings is 2. The van der Waals surface area contributed by atoms with Gasteiger partial charge in [0.1, 0.15) is 29.4 Å². The van der Waals surface area contributed by atoms with Gasteiger partial charge in [-0.15, -0.1) is 0 Å². The van der Waals surface area contributed by atoms with E-state index in [4.69, 9.17) is 14.6 Å². The summed E-state index contributed by atoms with van der Waals surface area (Å²) in [4.78, 5) is 28.6. The Balaban J connectivity index is 1.94. The number of nitrogens with zero attached hydrogens (tertiary/aromatic N) is 3. The number of carbonyl (C=O) groups excluding carboxylic acids is 2. The molecule has 1 aromatic heterocycles. The summed E-state index contributed by atoms with van der Waals surface area (Å²) in [6.45, 7) is 12.5. The molecule has 37 heavy (non-hydrogen) atoms. The van der Waals surface area contributed by atoms with Crippen LogP contribution in [0.15, 0.2) is 48.5 Å². The number of rotatable bonds is 9. The molecule has 8 nitrogen and oxygen atoms in total. The Bertz CT molecular complexity index is 1230. The van der Waals surface area contributed by atoms with Crippen LogP contribution in [0.1, 0.15) is 56.2 Å².